The van der Waals surface area contributed by atoms with E-state index < -0.39 is 0 Å². The third-order valence-electron chi connectivity index (χ3n) is 2.86. The molecule has 0 aliphatic heterocycles. The summed E-state index contributed by atoms with van der Waals surface area (Å²) in [6.45, 7) is 1.95. The molecule has 0 bridgehead atoms. The molecule has 0 amide bonds. The van der Waals surface area contributed by atoms with Gasteiger partial charge >= 0.3 is 0 Å². The van der Waals surface area contributed by atoms with Gasteiger partial charge in [0.15, 0.2) is 5.78 Å². The van der Waals surface area contributed by atoms with Crippen LogP contribution in [0, 0.1) is 6.92 Å². The van der Waals surface area contributed by atoms with Crippen LogP contribution in [0.4, 0.5) is 0 Å². The Hall–Kier alpha value is -1.68. The van der Waals surface area contributed by atoms with Crippen LogP contribution in [0.15, 0.2) is 41.0 Å². The van der Waals surface area contributed by atoms with Gasteiger partial charge in [-0.05, 0) is 46.6 Å². The van der Waals surface area contributed by atoms with Crippen LogP contribution in [0.25, 0.3) is 0 Å². The number of aryl methyl sites for hydroxylation is 1. The van der Waals surface area contributed by atoms with Gasteiger partial charge in [-0.2, -0.15) is 0 Å². The quantitative estimate of drug-likeness (QED) is 0.808. The van der Waals surface area contributed by atoms with Crippen LogP contribution in [-0.4, -0.2) is 17.9 Å². The molecule has 4 heteroatoms. The summed E-state index contributed by atoms with van der Waals surface area (Å²) >= 11 is 3.32. The number of nitrogens with zero attached hydrogens (tertiary/aromatic N) is 1. The van der Waals surface area contributed by atoms with Crippen LogP contribution in [0.1, 0.15) is 21.6 Å². The number of ketones is 1. The van der Waals surface area contributed by atoms with E-state index >= 15 is 0 Å². The predicted octanol–water partition coefficient (Wildman–Crippen LogP) is 3.59. The number of hydrogen-bond donors (Lipinski definition) is 0. The van der Waals surface area contributed by atoms with Crippen molar-refractivity contribution in [1.82, 2.24) is 4.98 Å². The van der Waals surface area contributed by atoms with Crippen LogP contribution in [0.3, 0.4) is 0 Å². The molecule has 2 rings (SSSR count). The molecule has 3 nitrogen and oxygen atoms in total. The minimum absolute atomic E-state index is 0.0353. The molecule has 1 heterocycles. The Kier molecular flexibility index (Phi) is 4.32. The van der Waals surface area contributed by atoms with Gasteiger partial charge in [0.05, 0.1) is 13.5 Å². The second-order valence-corrected chi connectivity index (χ2v) is 5.17. The lowest BCUT2D eigenvalue weighted by Gasteiger charge is -2.07. The molecular weight excluding hydrogens is 306 g/mol. The van der Waals surface area contributed by atoms with Gasteiger partial charge in [0.1, 0.15) is 5.75 Å². The summed E-state index contributed by atoms with van der Waals surface area (Å²) in [5, 5.41) is 0. The van der Waals surface area contributed by atoms with Gasteiger partial charge in [-0.25, -0.2) is 0 Å². The van der Waals surface area contributed by atoms with Gasteiger partial charge in [0.2, 0.25) is 0 Å². The lowest BCUT2D eigenvalue weighted by Crippen LogP contribution is -2.05. The zero-order valence-corrected chi connectivity index (χ0v) is 12.4. The summed E-state index contributed by atoms with van der Waals surface area (Å²) in [5.41, 5.74) is 2.42. The fraction of sp³-hybridized carbons (Fsp3) is 0.200. The lowest BCUT2D eigenvalue weighted by molar-refractivity contribution is 0.0991. The number of Topliss-reactive ketones (excluding diaryl/α,β-unsaturated/α-hetero) is 1. The minimum Gasteiger partial charge on any atom is -0.496 e. The van der Waals surface area contributed by atoms with E-state index in [9.17, 15) is 4.79 Å². The van der Waals surface area contributed by atoms with Crippen molar-refractivity contribution < 1.29 is 9.53 Å². The lowest BCUT2D eigenvalue weighted by atomic mass is 10.0. The molecule has 0 aliphatic rings. The number of aromatic nitrogens is 1. The molecule has 0 unspecified atom stereocenters. The van der Waals surface area contributed by atoms with E-state index in [4.69, 9.17) is 4.74 Å². The highest BCUT2D eigenvalue weighted by Gasteiger charge is 2.10. The Morgan fingerprint density at radius 2 is 2.11 bits per heavy atom. The summed E-state index contributed by atoms with van der Waals surface area (Å²) < 4.78 is 6.13. The summed E-state index contributed by atoms with van der Waals surface area (Å²) in [7, 11) is 1.60. The molecular formula is C15H14BrNO2. The summed E-state index contributed by atoms with van der Waals surface area (Å²) in [6, 6.07) is 9.20. The normalized spacial score (nSPS) is 10.3. The summed E-state index contributed by atoms with van der Waals surface area (Å²) in [5.74, 6) is 0.766. The fourth-order valence-electron chi connectivity index (χ4n) is 1.77. The van der Waals surface area contributed by atoms with Crippen LogP contribution in [0.2, 0.25) is 0 Å². The first-order chi connectivity index (χ1) is 9.10. The van der Waals surface area contributed by atoms with E-state index in [0.29, 0.717) is 12.0 Å². The number of rotatable bonds is 4. The van der Waals surface area contributed by atoms with E-state index in [2.05, 4.69) is 20.9 Å². The Balaban J connectivity index is 2.18. The van der Waals surface area contributed by atoms with Gasteiger partial charge in [0, 0.05) is 21.9 Å². The number of carbonyl (C=O) groups excluding carboxylic acids is 1. The Bertz CT molecular complexity index is 594. The standard InChI is InChI=1S/C15H14BrNO2/c1-10-3-4-11(7-15(10)19-2)14(18)8-13-6-5-12(16)9-17-13/h3-7,9H,8H2,1-2H3. The van der Waals surface area contributed by atoms with Crippen molar-refractivity contribution in [3.05, 3.63) is 57.8 Å². The molecule has 1 aromatic heterocycles. The van der Waals surface area contributed by atoms with Gasteiger partial charge in [-0.1, -0.05) is 12.1 Å². The largest absolute Gasteiger partial charge is 0.496 e. The minimum atomic E-state index is 0.0353. The zero-order valence-electron chi connectivity index (χ0n) is 10.8. The number of hydrogen-bond acceptors (Lipinski definition) is 3. The van der Waals surface area contributed by atoms with Crippen LogP contribution in [-0.2, 0) is 6.42 Å². The van der Waals surface area contributed by atoms with E-state index in [1.807, 2.05) is 31.2 Å². The van der Waals surface area contributed by atoms with Crippen molar-refractivity contribution in [3.8, 4) is 5.75 Å². The number of benzene rings is 1. The Morgan fingerprint density at radius 3 is 2.74 bits per heavy atom. The average molecular weight is 320 g/mol. The molecule has 0 fully saturated rings. The van der Waals surface area contributed by atoms with Gasteiger partial charge < -0.3 is 4.74 Å². The molecule has 0 saturated heterocycles. The van der Waals surface area contributed by atoms with E-state index in [1.165, 1.54) is 0 Å². The molecule has 0 aliphatic carbocycles. The van der Waals surface area contributed by atoms with Crippen LogP contribution >= 0.6 is 15.9 Å². The molecule has 0 atom stereocenters. The highest BCUT2D eigenvalue weighted by atomic mass is 79.9. The van der Waals surface area contributed by atoms with E-state index in [1.54, 1.807) is 19.4 Å². The summed E-state index contributed by atoms with van der Waals surface area (Å²) in [4.78, 5) is 16.4. The molecule has 2 aromatic rings. The van der Waals surface area contributed by atoms with E-state index in [0.717, 1.165) is 21.5 Å². The number of pyridine rings is 1. The first-order valence-electron chi connectivity index (χ1n) is 5.88. The van der Waals surface area contributed by atoms with Crippen molar-refractivity contribution in [2.24, 2.45) is 0 Å². The number of ether oxygens (including phenoxy) is 1. The molecule has 0 saturated carbocycles. The Morgan fingerprint density at radius 1 is 1.32 bits per heavy atom. The van der Waals surface area contributed by atoms with Gasteiger partial charge in [0.25, 0.3) is 0 Å². The molecule has 0 radical (unpaired) electrons. The second kappa shape index (κ2) is 5.97. The SMILES string of the molecule is COc1cc(C(=O)Cc2ccc(Br)cn2)ccc1C. The number of carbonyl (C=O) groups is 1. The number of methoxy groups -OCH3 is 1. The first kappa shape index (κ1) is 13.7. The van der Waals surface area contributed by atoms with Gasteiger partial charge in [-0.15, -0.1) is 0 Å². The average Bonchev–Trinajstić information content (AvgIpc) is 2.42. The van der Waals surface area contributed by atoms with Crippen LogP contribution < -0.4 is 4.74 Å². The summed E-state index contributed by atoms with van der Waals surface area (Å²) in [6.07, 6.45) is 1.98. The fourth-order valence-corrected chi connectivity index (χ4v) is 2.01. The van der Waals surface area contributed by atoms with Crippen molar-refractivity contribution in [3.63, 3.8) is 0 Å². The predicted molar refractivity (Wildman–Crippen MR) is 77.7 cm³/mol. The maximum atomic E-state index is 12.2. The number of halogens is 1. The maximum absolute atomic E-state index is 12.2. The van der Waals surface area contributed by atoms with Crippen molar-refractivity contribution in [2.75, 3.05) is 7.11 Å². The third-order valence-corrected chi connectivity index (χ3v) is 3.33. The zero-order chi connectivity index (χ0) is 13.8. The van der Waals surface area contributed by atoms with Crippen molar-refractivity contribution >= 4 is 21.7 Å². The molecule has 98 valence electrons. The van der Waals surface area contributed by atoms with Crippen molar-refractivity contribution in [1.29, 1.82) is 0 Å². The topological polar surface area (TPSA) is 39.2 Å². The smallest absolute Gasteiger partial charge is 0.168 e. The maximum Gasteiger partial charge on any atom is 0.168 e. The highest BCUT2D eigenvalue weighted by Crippen LogP contribution is 2.20. The highest BCUT2D eigenvalue weighted by molar-refractivity contribution is 9.10. The Labute approximate surface area is 120 Å². The third kappa shape index (κ3) is 3.41. The molecule has 19 heavy (non-hydrogen) atoms. The second-order valence-electron chi connectivity index (χ2n) is 4.25. The van der Waals surface area contributed by atoms with E-state index in [-0.39, 0.29) is 5.78 Å². The van der Waals surface area contributed by atoms with Crippen LogP contribution in [0.5, 0.6) is 5.75 Å². The van der Waals surface area contributed by atoms with Gasteiger partial charge in [-0.3, -0.25) is 9.78 Å². The van der Waals surface area contributed by atoms with Crippen molar-refractivity contribution in [2.45, 2.75) is 13.3 Å². The molecule has 0 N–H and O–H groups in total. The monoisotopic (exact) mass is 319 g/mol. The molecule has 0 spiro atoms. The first-order valence-corrected chi connectivity index (χ1v) is 6.67. The molecule has 1 aromatic carbocycles.